The van der Waals surface area contributed by atoms with Crippen LogP contribution in [0.5, 0.6) is 5.75 Å². The summed E-state index contributed by atoms with van der Waals surface area (Å²) in [4.78, 5) is 0.0504. The third-order valence-corrected chi connectivity index (χ3v) is 3.73. The van der Waals surface area contributed by atoms with Gasteiger partial charge >= 0.3 is 10.1 Å². The van der Waals surface area contributed by atoms with Gasteiger partial charge in [-0.15, -0.1) is 0 Å². The molecule has 2 N–H and O–H groups in total. The molecule has 2 aromatic rings. The highest BCUT2D eigenvalue weighted by atomic mass is 32.2. The molecule has 0 aromatic heterocycles. The molecule has 0 aliphatic rings. The third kappa shape index (κ3) is 2.62. The zero-order chi connectivity index (χ0) is 13.2. The summed E-state index contributed by atoms with van der Waals surface area (Å²) in [6.45, 7) is 1.81. The van der Waals surface area contributed by atoms with Crippen molar-refractivity contribution in [1.29, 1.82) is 0 Å². The van der Waals surface area contributed by atoms with E-state index >= 15 is 0 Å². The predicted molar refractivity (Wildman–Crippen MR) is 69.8 cm³/mol. The van der Waals surface area contributed by atoms with Gasteiger partial charge in [0.05, 0.1) is 0 Å². The van der Waals surface area contributed by atoms with Crippen molar-refractivity contribution in [3.05, 3.63) is 54.1 Å². The van der Waals surface area contributed by atoms with Gasteiger partial charge in [0.1, 0.15) is 10.6 Å². The number of hydrogen-bond acceptors (Lipinski definition) is 4. The van der Waals surface area contributed by atoms with Gasteiger partial charge in [0.25, 0.3) is 0 Å². The molecule has 0 radical (unpaired) electrons. The van der Waals surface area contributed by atoms with Crippen LogP contribution >= 0.6 is 0 Å². The van der Waals surface area contributed by atoms with Crippen LogP contribution in [0.25, 0.3) is 0 Å². The van der Waals surface area contributed by atoms with Gasteiger partial charge in [-0.25, -0.2) is 0 Å². The van der Waals surface area contributed by atoms with Gasteiger partial charge < -0.3 is 9.92 Å². The topological polar surface area (TPSA) is 69.4 Å². The Morgan fingerprint density at radius 3 is 2.33 bits per heavy atom. The molecule has 0 heterocycles. The minimum Gasteiger partial charge on any atom is -0.398 e. The molecule has 0 aliphatic carbocycles. The Morgan fingerprint density at radius 2 is 1.72 bits per heavy atom. The van der Waals surface area contributed by atoms with Crippen LogP contribution in [0.2, 0.25) is 0 Å². The summed E-state index contributed by atoms with van der Waals surface area (Å²) in [5, 5.41) is 0. The molecule has 0 saturated carbocycles. The molecule has 2 rings (SSSR count). The van der Waals surface area contributed by atoms with Crippen LogP contribution in [-0.4, -0.2) is 8.42 Å². The lowest BCUT2D eigenvalue weighted by Crippen LogP contribution is -2.10. The molecule has 0 aliphatic heterocycles. The molecular weight excluding hydrogens is 250 g/mol. The number of rotatable bonds is 3. The number of nitrogen functional groups attached to an aromatic ring is 1. The maximum atomic E-state index is 12.0. The number of nitrogens with two attached hydrogens (primary N) is 1. The second-order valence-corrected chi connectivity index (χ2v) is 5.42. The van der Waals surface area contributed by atoms with E-state index < -0.39 is 10.1 Å². The minimum atomic E-state index is -3.83. The first-order valence-corrected chi connectivity index (χ1v) is 6.75. The van der Waals surface area contributed by atoms with Crippen LogP contribution in [0.3, 0.4) is 0 Å². The molecular formula is C13H13NO3S. The summed E-state index contributed by atoms with van der Waals surface area (Å²) in [5.74, 6) is 0.275. The molecule has 0 fully saturated rings. The lowest BCUT2D eigenvalue weighted by Gasteiger charge is -2.08. The molecule has 0 unspecified atom stereocenters. The van der Waals surface area contributed by atoms with Crippen LogP contribution in [0.15, 0.2) is 53.4 Å². The van der Waals surface area contributed by atoms with Crippen LogP contribution < -0.4 is 9.92 Å². The zero-order valence-corrected chi connectivity index (χ0v) is 10.6. The number of hydrogen-bond donors (Lipinski definition) is 1. The fourth-order valence-electron chi connectivity index (χ4n) is 1.42. The summed E-state index contributed by atoms with van der Waals surface area (Å²) in [5.41, 5.74) is 6.94. The lowest BCUT2D eigenvalue weighted by atomic mass is 10.2. The summed E-state index contributed by atoms with van der Waals surface area (Å²) < 4.78 is 29.0. The van der Waals surface area contributed by atoms with Crippen LogP contribution in [0, 0.1) is 6.92 Å². The third-order valence-electron chi connectivity index (χ3n) is 2.49. The maximum absolute atomic E-state index is 12.0. The van der Waals surface area contributed by atoms with Gasteiger partial charge in [-0.1, -0.05) is 24.3 Å². The van der Waals surface area contributed by atoms with Gasteiger partial charge in [0, 0.05) is 5.69 Å². The number of para-hydroxylation sites is 1. The second-order valence-electron chi connectivity index (χ2n) is 3.87. The Morgan fingerprint density at radius 1 is 1.06 bits per heavy atom. The Kier molecular flexibility index (Phi) is 3.25. The average molecular weight is 263 g/mol. The first-order chi connectivity index (χ1) is 8.49. The van der Waals surface area contributed by atoms with E-state index in [0.717, 1.165) is 5.56 Å². The van der Waals surface area contributed by atoms with Crippen molar-refractivity contribution >= 4 is 15.8 Å². The van der Waals surface area contributed by atoms with Crippen molar-refractivity contribution in [2.75, 3.05) is 5.73 Å². The SMILES string of the molecule is Cc1ccc(S(=O)(=O)Oc2ccccc2)cc1N. The van der Waals surface area contributed by atoms with Crippen molar-refractivity contribution in [2.45, 2.75) is 11.8 Å². The van der Waals surface area contributed by atoms with E-state index in [1.54, 1.807) is 36.4 Å². The van der Waals surface area contributed by atoms with E-state index in [-0.39, 0.29) is 10.6 Å². The van der Waals surface area contributed by atoms with E-state index in [2.05, 4.69) is 0 Å². The van der Waals surface area contributed by atoms with E-state index in [1.165, 1.54) is 12.1 Å². The largest absolute Gasteiger partial charge is 0.398 e. The lowest BCUT2D eigenvalue weighted by molar-refractivity contribution is 0.486. The Balaban J connectivity index is 2.34. The van der Waals surface area contributed by atoms with Gasteiger partial charge in [-0.3, -0.25) is 0 Å². The fraction of sp³-hybridized carbons (Fsp3) is 0.0769. The normalized spacial score (nSPS) is 11.2. The molecule has 18 heavy (non-hydrogen) atoms. The van der Waals surface area contributed by atoms with Gasteiger partial charge in [-0.2, -0.15) is 8.42 Å². The molecule has 2 aromatic carbocycles. The predicted octanol–water partition coefficient (Wildman–Crippen LogP) is 2.34. The molecule has 0 atom stereocenters. The molecule has 0 amide bonds. The van der Waals surface area contributed by atoms with Crippen LogP contribution in [0.4, 0.5) is 5.69 Å². The monoisotopic (exact) mass is 263 g/mol. The molecule has 0 saturated heterocycles. The van der Waals surface area contributed by atoms with E-state index in [4.69, 9.17) is 9.92 Å². The molecule has 4 nitrogen and oxygen atoms in total. The smallest absolute Gasteiger partial charge is 0.339 e. The van der Waals surface area contributed by atoms with Crippen LogP contribution in [-0.2, 0) is 10.1 Å². The highest BCUT2D eigenvalue weighted by molar-refractivity contribution is 7.87. The summed E-state index contributed by atoms with van der Waals surface area (Å²) in [6, 6.07) is 12.9. The van der Waals surface area contributed by atoms with Gasteiger partial charge in [0.15, 0.2) is 0 Å². The standard InChI is InChI=1S/C13H13NO3S/c1-10-7-8-12(9-13(10)14)18(15,16)17-11-5-3-2-4-6-11/h2-9H,14H2,1H3. The summed E-state index contributed by atoms with van der Waals surface area (Å²) in [7, 11) is -3.83. The molecule has 0 bridgehead atoms. The van der Waals surface area contributed by atoms with Gasteiger partial charge in [-0.05, 0) is 36.8 Å². The van der Waals surface area contributed by atoms with Crippen molar-refractivity contribution in [3.63, 3.8) is 0 Å². The summed E-state index contributed by atoms with van der Waals surface area (Å²) in [6.07, 6.45) is 0. The maximum Gasteiger partial charge on any atom is 0.339 e. The van der Waals surface area contributed by atoms with E-state index in [1.807, 2.05) is 6.92 Å². The Labute approximate surface area is 106 Å². The first kappa shape index (κ1) is 12.4. The molecule has 0 spiro atoms. The van der Waals surface area contributed by atoms with Crippen molar-refractivity contribution in [3.8, 4) is 5.75 Å². The van der Waals surface area contributed by atoms with Crippen LogP contribution in [0.1, 0.15) is 5.56 Å². The minimum absolute atomic E-state index is 0.0504. The quantitative estimate of drug-likeness (QED) is 0.681. The number of benzene rings is 2. The Hall–Kier alpha value is -2.01. The molecule has 5 heteroatoms. The van der Waals surface area contributed by atoms with Gasteiger partial charge in [0.2, 0.25) is 0 Å². The van der Waals surface area contributed by atoms with Crippen molar-refractivity contribution < 1.29 is 12.6 Å². The highest BCUT2D eigenvalue weighted by Crippen LogP contribution is 2.21. The molecule has 94 valence electrons. The second kappa shape index (κ2) is 4.70. The van der Waals surface area contributed by atoms with Crippen molar-refractivity contribution in [2.24, 2.45) is 0 Å². The number of anilines is 1. The zero-order valence-electron chi connectivity index (χ0n) is 9.83. The highest BCUT2D eigenvalue weighted by Gasteiger charge is 2.17. The first-order valence-electron chi connectivity index (χ1n) is 5.35. The van der Waals surface area contributed by atoms with E-state index in [0.29, 0.717) is 5.69 Å². The Bertz CT molecular complexity index is 651. The average Bonchev–Trinajstić information content (AvgIpc) is 2.33. The fourth-order valence-corrected chi connectivity index (χ4v) is 2.39. The summed E-state index contributed by atoms with van der Waals surface area (Å²) >= 11 is 0. The van der Waals surface area contributed by atoms with Crippen molar-refractivity contribution in [1.82, 2.24) is 0 Å². The van der Waals surface area contributed by atoms with E-state index in [9.17, 15) is 8.42 Å². The number of aryl methyl sites for hydroxylation is 1.